The lowest BCUT2D eigenvalue weighted by Gasteiger charge is -2.08. The lowest BCUT2D eigenvalue weighted by molar-refractivity contribution is 0.306. The quantitative estimate of drug-likeness (QED) is 0.637. The van der Waals surface area contributed by atoms with Crippen LogP contribution < -0.4 is 4.74 Å². The number of hydrogen-bond donors (Lipinski definition) is 0. The van der Waals surface area contributed by atoms with Crippen LogP contribution in [0.5, 0.6) is 5.75 Å². The van der Waals surface area contributed by atoms with Crippen LogP contribution in [0.3, 0.4) is 0 Å². The maximum Gasteiger partial charge on any atom is 0.182 e. The van der Waals surface area contributed by atoms with Gasteiger partial charge in [0.25, 0.3) is 0 Å². The highest BCUT2D eigenvalue weighted by Crippen LogP contribution is 2.21. The molecule has 3 aromatic rings. The molecule has 0 amide bonds. The van der Waals surface area contributed by atoms with E-state index in [1.54, 1.807) is 12.1 Å². The number of rotatable bonds is 6. The Bertz CT molecular complexity index is 965. The van der Waals surface area contributed by atoms with Crippen molar-refractivity contribution in [3.8, 4) is 5.75 Å². The van der Waals surface area contributed by atoms with E-state index in [0.717, 1.165) is 17.7 Å². The van der Waals surface area contributed by atoms with Crippen LogP contribution in [0.4, 0.5) is 8.78 Å². The van der Waals surface area contributed by atoms with Crippen molar-refractivity contribution in [1.82, 2.24) is 0 Å². The summed E-state index contributed by atoms with van der Waals surface area (Å²) in [5.74, 6) is -1.56. The van der Waals surface area contributed by atoms with Crippen LogP contribution in [0.25, 0.3) is 0 Å². The van der Waals surface area contributed by atoms with Crippen LogP contribution in [0.2, 0.25) is 0 Å². The second-order valence-electron chi connectivity index (χ2n) is 5.78. The van der Waals surface area contributed by atoms with Gasteiger partial charge in [-0.15, -0.1) is 0 Å². The Hall–Kier alpha value is -2.73. The average molecular weight is 374 g/mol. The largest absolute Gasteiger partial charge is 0.489 e. The zero-order valence-electron chi connectivity index (χ0n) is 13.7. The van der Waals surface area contributed by atoms with Crippen LogP contribution >= 0.6 is 0 Å². The Kier molecular flexibility index (Phi) is 5.32. The standard InChI is InChI=1S/C20H16F2O3S/c21-17-10-16(11-18(22)12-17)14-26(23,24)20-8-6-19(7-9-20)25-13-15-4-2-1-3-5-15/h1-12H,13-14H2. The summed E-state index contributed by atoms with van der Waals surface area (Å²) < 4.78 is 56.9. The SMILES string of the molecule is O=S(=O)(Cc1cc(F)cc(F)c1)c1ccc(OCc2ccccc2)cc1. The monoisotopic (exact) mass is 374 g/mol. The number of benzene rings is 3. The summed E-state index contributed by atoms with van der Waals surface area (Å²) in [5.41, 5.74) is 1.06. The molecular formula is C20H16F2O3S. The second-order valence-corrected chi connectivity index (χ2v) is 7.77. The first-order chi connectivity index (χ1) is 12.4. The summed E-state index contributed by atoms with van der Waals surface area (Å²) >= 11 is 0. The summed E-state index contributed by atoms with van der Waals surface area (Å²) in [6.45, 7) is 0.371. The lowest BCUT2D eigenvalue weighted by atomic mass is 10.2. The normalized spacial score (nSPS) is 11.3. The van der Waals surface area contributed by atoms with Crippen LogP contribution in [-0.4, -0.2) is 8.42 Å². The molecule has 0 N–H and O–H groups in total. The minimum Gasteiger partial charge on any atom is -0.489 e. The van der Waals surface area contributed by atoms with Crippen molar-refractivity contribution < 1.29 is 21.9 Å². The first kappa shape index (κ1) is 18.1. The second kappa shape index (κ2) is 7.66. The van der Waals surface area contributed by atoms with Crippen molar-refractivity contribution in [2.75, 3.05) is 0 Å². The number of halogens is 2. The summed E-state index contributed by atoms with van der Waals surface area (Å²) in [6, 6.07) is 18.3. The molecule has 26 heavy (non-hydrogen) atoms. The minimum absolute atomic E-state index is 0.0619. The Morgan fingerprint density at radius 3 is 2.00 bits per heavy atom. The van der Waals surface area contributed by atoms with Crippen molar-refractivity contribution in [3.63, 3.8) is 0 Å². The fourth-order valence-electron chi connectivity index (χ4n) is 2.48. The van der Waals surface area contributed by atoms with Gasteiger partial charge in [0.2, 0.25) is 0 Å². The molecule has 0 bridgehead atoms. The van der Waals surface area contributed by atoms with E-state index in [4.69, 9.17) is 4.74 Å². The smallest absolute Gasteiger partial charge is 0.182 e. The molecule has 0 atom stereocenters. The molecule has 0 fully saturated rings. The minimum atomic E-state index is -3.72. The van der Waals surface area contributed by atoms with Crippen LogP contribution in [-0.2, 0) is 22.2 Å². The Morgan fingerprint density at radius 2 is 1.38 bits per heavy atom. The molecule has 3 rings (SSSR count). The van der Waals surface area contributed by atoms with Crippen LogP contribution in [0, 0.1) is 11.6 Å². The van der Waals surface area contributed by atoms with Gasteiger partial charge in [0.05, 0.1) is 10.6 Å². The number of ether oxygens (including phenoxy) is 1. The van der Waals surface area contributed by atoms with Crippen LogP contribution in [0.1, 0.15) is 11.1 Å². The maximum atomic E-state index is 13.2. The van der Waals surface area contributed by atoms with Gasteiger partial charge in [-0.25, -0.2) is 17.2 Å². The van der Waals surface area contributed by atoms with Gasteiger partial charge >= 0.3 is 0 Å². The topological polar surface area (TPSA) is 43.4 Å². The molecule has 0 aromatic heterocycles. The molecule has 0 aliphatic carbocycles. The van der Waals surface area contributed by atoms with Gasteiger partial charge in [0.15, 0.2) is 9.84 Å². The van der Waals surface area contributed by atoms with E-state index in [0.29, 0.717) is 18.4 Å². The average Bonchev–Trinajstić information content (AvgIpc) is 2.60. The summed E-state index contributed by atoms with van der Waals surface area (Å²) in [4.78, 5) is 0.0641. The zero-order valence-corrected chi connectivity index (χ0v) is 14.5. The third kappa shape index (κ3) is 4.67. The zero-order chi connectivity index (χ0) is 18.6. The molecule has 0 unspecified atom stereocenters. The highest BCUT2D eigenvalue weighted by molar-refractivity contribution is 7.90. The van der Waals surface area contributed by atoms with Crippen molar-refractivity contribution in [2.45, 2.75) is 17.3 Å². The third-order valence-electron chi connectivity index (χ3n) is 3.71. The van der Waals surface area contributed by atoms with Crippen molar-refractivity contribution in [2.24, 2.45) is 0 Å². The Labute approximate surface area is 150 Å². The lowest BCUT2D eigenvalue weighted by Crippen LogP contribution is -2.06. The maximum absolute atomic E-state index is 13.2. The molecule has 0 radical (unpaired) electrons. The van der Waals surface area contributed by atoms with Gasteiger partial charge in [0.1, 0.15) is 24.0 Å². The highest BCUT2D eigenvalue weighted by Gasteiger charge is 2.16. The van der Waals surface area contributed by atoms with E-state index < -0.39 is 27.2 Å². The number of hydrogen-bond acceptors (Lipinski definition) is 3. The summed E-state index contributed by atoms with van der Waals surface area (Å²) in [6.07, 6.45) is 0. The molecule has 3 nitrogen and oxygen atoms in total. The van der Waals surface area contributed by atoms with E-state index >= 15 is 0 Å². The van der Waals surface area contributed by atoms with E-state index in [-0.39, 0.29) is 10.5 Å². The van der Waals surface area contributed by atoms with E-state index in [1.165, 1.54) is 12.1 Å². The van der Waals surface area contributed by atoms with Gasteiger partial charge in [-0.05, 0) is 47.5 Å². The van der Waals surface area contributed by atoms with Crippen molar-refractivity contribution >= 4 is 9.84 Å². The number of sulfone groups is 1. The van der Waals surface area contributed by atoms with Crippen LogP contribution in [0.15, 0.2) is 77.7 Å². The van der Waals surface area contributed by atoms with Gasteiger partial charge in [-0.1, -0.05) is 30.3 Å². The molecule has 6 heteroatoms. The molecule has 134 valence electrons. The molecule has 0 heterocycles. The van der Waals surface area contributed by atoms with Gasteiger partial charge in [-0.2, -0.15) is 0 Å². The fraction of sp³-hybridized carbons (Fsp3) is 0.100. The molecule has 3 aromatic carbocycles. The molecule has 0 aliphatic heterocycles. The molecule has 0 saturated heterocycles. The summed E-state index contributed by atoms with van der Waals surface area (Å²) in [5, 5.41) is 0. The molecule has 0 spiro atoms. The van der Waals surface area contributed by atoms with Gasteiger partial charge in [0, 0.05) is 6.07 Å². The van der Waals surface area contributed by atoms with Crippen molar-refractivity contribution in [3.05, 3.63) is 95.6 Å². The van der Waals surface area contributed by atoms with Gasteiger partial charge in [-0.3, -0.25) is 0 Å². The Morgan fingerprint density at radius 1 is 0.769 bits per heavy atom. The Balaban J connectivity index is 1.70. The molecular weight excluding hydrogens is 358 g/mol. The molecule has 0 saturated carbocycles. The first-order valence-electron chi connectivity index (χ1n) is 7.87. The van der Waals surface area contributed by atoms with Gasteiger partial charge < -0.3 is 4.74 Å². The highest BCUT2D eigenvalue weighted by atomic mass is 32.2. The predicted molar refractivity (Wildman–Crippen MR) is 94.5 cm³/mol. The summed E-state index contributed by atoms with van der Waals surface area (Å²) in [7, 11) is -3.72. The first-order valence-corrected chi connectivity index (χ1v) is 9.52. The van der Waals surface area contributed by atoms with E-state index in [9.17, 15) is 17.2 Å². The van der Waals surface area contributed by atoms with E-state index in [1.807, 2.05) is 30.3 Å². The predicted octanol–water partition coefficient (Wildman–Crippen LogP) is 4.52. The third-order valence-corrected chi connectivity index (χ3v) is 5.41. The molecule has 0 aliphatic rings. The van der Waals surface area contributed by atoms with E-state index in [2.05, 4.69) is 0 Å². The van der Waals surface area contributed by atoms with Crippen molar-refractivity contribution in [1.29, 1.82) is 0 Å². The fourth-order valence-corrected chi connectivity index (χ4v) is 3.80.